The number of carboxylic acid groups (broad SMARTS) is 1. The van der Waals surface area contributed by atoms with Crippen LogP contribution >= 0.6 is 0 Å². The van der Waals surface area contributed by atoms with Crippen LogP contribution in [0.2, 0.25) is 0 Å². The number of carbonyl (C=O) groups is 2. The summed E-state index contributed by atoms with van der Waals surface area (Å²) in [5, 5.41) is 8.56. The molecule has 0 aliphatic carbocycles. The van der Waals surface area contributed by atoms with Crippen molar-refractivity contribution in [2.75, 3.05) is 13.1 Å². The van der Waals surface area contributed by atoms with Gasteiger partial charge in [0.15, 0.2) is 0 Å². The van der Waals surface area contributed by atoms with Gasteiger partial charge in [-0.05, 0) is 19.1 Å². The van der Waals surface area contributed by atoms with Crippen molar-refractivity contribution in [1.82, 2.24) is 9.88 Å². The van der Waals surface area contributed by atoms with Gasteiger partial charge in [0.25, 0.3) is 5.91 Å². The summed E-state index contributed by atoms with van der Waals surface area (Å²) in [4.78, 5) is 27.7. The lowest BCUT2D eigenvalue weighted by atomic mass is 10.3. The fourth-order valence-corrected chi connectivity index (χ4v) is 1.29. The van der Waals surface area contributed by atoms with E-state index in [1.807, 2.05) is 6.92 Å². The topological polar surface area (TPSA) is 70.5 Å². The third-order valence-electron chi connectivity index (χ3n) is 2.15. The number of pyridine rings is 1. The molecule has 0 unspecified atom stereocenters. The maximum absolute atomic E-state index is 11.9. The highest BCUT2D eigenvalue weighted by Crippen LogP contribution is 2.02. The Morgan fingerprint density at radius 3 is 2.69 bits per heavy atom. The van der Waals surface area contributed by atoms with Crippen LogP contribution in [-0.2, 0) is 4.79 Å². The molecule has 86 valence electrons. The van der Waals surface area contributed by atoms with Crippen LogP contribution in [0.1, 0.15) is 23.8 Å². The van der Waals surface area contributed by atoms with E-state index in [-0.39, 0.29) is 18.9 Å². The number of aromatic nitrogens is 1. The van der Waals surface area contributed by atoms with E-state index in [2.05, 4.69) is 4.98 Å². The summed E-state index contributed by atoms with van der Waals surface area (Å²) in [5.74, 6) is -1.14. The van der Waals surface area contributed by atoms with E-state index in [0.717, 1.165) is 0 Å². The van der Waals surface area contributed by atoms with E-state index in [1.165, 1.54) is 11.1 Å². The minimum atomic E-state index is -0.910. The molecule has 1 N–H and O–H groups in total. The van der Waals surface area contributed by atoms with Crippen LogP contribution in [0.15, 0.2) is 24.4 Å². The van der Waals surface area contributed by atoms with Crippen molar-refractivity contribution in [3.05, 3.63) is 30.1 Å². The average molecular weight is 222 g/mol. The quantitative estimate of drug-likeness (QED) is 0.807. The molecular formula is C11H14N2O3. The van der Waals surface area contributed by atoms with Crippen molar-refractivity contribution in [2.24, 2.45) is 0 Å². The van der Waals surface area contributed by atoms with Crippen LogP contribution in [0, 0.1) is 0 Å². The first-order valence-electron chi connectivity index (χ1n) is 5.07. The molecule has 1 heterocycles. The van der Waals surface area contributed by atoms with E-state index in [9.17, 15) is 9.59 Å². The Morgan fingerprint density at radius 2 is 2.19 bits per heavy atom. The van der Waals surface area contributed by atoms with Crippen molar-refractivity contribution in [3.8, 4) is 0 Å². The van der Waals surface area contributed by atoms with Gasteiger partial charge in [0.2, 0.25) is 0 Å². The van der Waals surface area contributed by atoms with Crippen molar-refractivity contribution in [1.29, 1.82) is 0 Å². The van der Waals surface area contributed by atoms with Crippen molar-refractivity contribution in [3.63, 3.8) is 0 Å². The SMILES string of the molecule is CCN(CCC(=O)O)C(=O)c1ccccn1. The highest BCUT2D eigenvalue weighted by Gasteiger charge is 2.15. The molecule has 0 bridgehead atoms. The molecule has 16 heavy (non-hydrogen) atoms. The molecule has 5 nitrogen and oxygen atoms in total. The molecule has 0 spiro atoms. The van der Waals surface area contributed by atoms with Gasteiger partial charge in [0.05, 0.1) is 6.42 Å². The van der Waals surface area contributed by atoms with Crippen molar-refractivity contribution in [2.45, 2.75) is 13.3 Å². The lowest BCUT2D eigenvalue weighted by molar-refractivity contribution is -0.137. The summed E-state index contributed by atoms with van der Waals surface area (Å²) in [5.41, 5.74) is 0.342. The van der Waals surface area contributed by atoms with Gasteiger partial charge in [-0.25, -0.2) is 0 Å². The van der Waals surface area contributed by atoms with Gasteiger partial charge in [-0.1, -0.05) is 6.07 Å². The third kappa shape index (κ3) is 3.34. The molecule has 1 aromatic heterocycles. The molecule has 0 aliphatic heterocycles. The minimum Gasteiger partial charge on any atom is -0.481 e. The molecule has 1 aromatic rings. The normalized spacial score (nSPS) is 9.81. The van der Waals surface area contributed by atoms with Gasteiger partial charge < -0.3 is 10.0 Å². The molecule has 0 radical (unpaired) electrons. The van der Waals surface area contributed by atoms with Crippen molar-refractivity contribution >= 4 is 11.9 Å². The first-order valence-corrected chi connectivity index (χ1v) is 5.07. The van der Waals surface area contributed by atoms with Crippen LogP contribution in [-0.4, -0.2) is 40.0 Å². The van der Waals surface area contributed by atoms with E-state index in [0.29, 0.717) is 12.2 Å². The number of amides is 1. The maximum Gasteiger partial charge on any atom is 0.305 e. The zero-order valence-corrected chi connectivity index (χ0v) is 9.09. The highest BCUT2D eigenvalue weighted by molar-refractivity contribution is 5.92. The summed E-state index contributed by atoms with van der Waals surface area (Å²) in [6, 6.07) is 5.07. The van der Waals surface area contributed by atoms with Crippen LogP contribution in [0.4, 0.5) is 0 Å². The van der Waals surface area contributed by atoms with E-state index >= 15 is 0 Å². The second kappa shape index (κ2) is 5.85. The van der Waals surface area contributed by atoms with E-state index in [1.54, 1.807) is 18.2 Å². The fourth-order valence-electron chi connectivity index (χ4n) is 1.29. The predicted octanol–water partition coefficient (Wildman–Crippen LogP) is 1.02. The van der Waals surface area contributed by atoms with Crippen LogP contribution in [0.5, 0.6) is 0 Å². The summed E-state index contributed by atoms with van der Waals surface area (Å²) in [7, 11) is 0. The molecule has 0 fully saturated rings. The second-order valence-corrected chi connectivity index (χ2v) is 3.24. The third-order valence-corrected chi connectivity index (χ3v) is 2.15. The first kappa shape index (κ1) is 12.2. The molecule has 5 heteroatoms. The number of nitrogens with zero attached hydrogens (tertiary/aromatic N) is 2. The standard InChI is InChI=1S/C11H14N2O3/c1-2-13(8-6-10(14)15)11(16)9-5-3-4-7-12-9/h3-5,7H,2,6,8H2,1H3,(H,14,15). The van der Waals surface area contributed by atoms with Gasteiger partial charge >= 0.3 is 5.97 Å². The molecule has 1 amide bonds. The Kier molecular flexibility index (Phi) is 4.44. The lowest BCUT2D eigenvalue weighted by Gasteiger charge is -2.19. The number of aliphatic carboxylic acids is 1. The largest absolute Gasteiger partial charge is 0.481 e. The van der Waals surface area contributed by atoms with Crippen LogP contribution in [0.25, 0.3) is 0 Å². The first-order chi connectivity index (χ1) is 7.65. The van der Waals surface area contributed by atoms with Crippen molar-refractivity contribution < 1.29 is 14.7 Å². The Morgan fingerprint density at radius 1 is 1.44 bits per heavy atom. The Bertz CT molecular complexity index is 365. The molecule has 0 saturated heterocycles. The smallest absolute Gasteiger partial charge is 0.305 e. The zero-order chi connectivity index (χ0) is 12.0. The molecule has 0 atom stereocenters. The summed E-state index contributed by atoms with van der Waals surface area (Å²) in [6.45, 7) is 2.49. The monoisotopic (exact) mass is 222 g/mol. The Labute approximate surface area is 93.7 Å². The van der Waals surface area contributed by atoms with Crippen LogP contribution < -0.4 is 0 Å². The predicted molar refractivity (Wildman–Crippen MR) is 58.1 cm³/mol. The fraction of sp³-hybridized carbons (Fsp3) is 0.364. The summed E-state index contributed by atoms with van der Waals surface area (Å²) >= 11 is 0. The molecule has 0 saturated carbocycles. The number of carbonyl (C=O) groups excluding carboxylic acids is 1. The van der Waals surface area contributed by atoms with E-state index < -0.39 is 5.97 Å². The van der Waals surface area contributed by atoms with Gasteiger partial charge in [-0.2, -0.15) is 0 Å². The van der Waals surface area contributed by atoms with Gasteiger partial charge in [0.1, 0.15) is 5.69 Å². The van der Waals surface area contributed by atoms with Gasteiger partial charge in [-0.3, -0.25) is 14.6 Å². The Balaban J connectivity index is 2.66. The summed E-state index contributed by atoms with van der Waals surface area (Å²) < 4.78 is 0. The number of rotatable bonds is 5. The molecule has 0 aliphatic rings. The van der Waals surface area contributed by atoms with Gasteiger partial charge in [0, 0.05) is 19.3 Å². The molecular weight excluding hydrogens is 208 g/mol. The molecule has 1 rings (SSSR count). The number of hydrogen-bond acceptors (Lipinski definition) is 3. The number of carboxylic acids is 1. The molecule has 0 aromatic carbocycles. The van der Waals surface area contributed by atoms with Gasteiger partial charge in [-0.15, -0.1) is 0 Å². The zero-order valence-electron chi connectivity index (χ0n) is 9.09. The maximum atomic E-state index is 11.9. The van der Waals surface area contributed by atoms with Crippen LogP contribution in [0.3, 0.4) is 0 Å². The van der Waals surface area contributed by atoms with E-state index in [4.69, 9.17) is 5.11 Å². The minimum absolute atomic E-state index is 0.0492. The Hall–Kier alpha value is -1.91. The number of hydrogen-bond donors (Lipinski definition) is 1. The second-order valence-electron chi connectivity index (χ2n) is 3.24. The summed E-state index contributed by atoms with van der Waals surface area (Å²) in [6.07, 6.45) is 1.49. The lowest BCUT2D eigenvalue weighted by Crippen LogP contribution is -2.33. The average Bonchev–Trinajstić information content (AvgIpc) is 2.30. The highest BCUT2D eigenvalue weighted by atomic mass is 16.4.